The maximum atomic E-state index is 13.1. The molecule has 0 saturated carbocycles. The number of likely N-dealkylation sites (tertiary alicyclic amines) is 1. The van der Waals surface area contributed by atoms with Crippen LogP contribution in [0.2, 0.25) is 0 Å². The van der Waals surface area contributed by atoms with Crippen LogP contribution < -0.4 is 10.6 Å². The van der Waals surface area contributed by atoms with Crippen molar-refractivity contribution in [3.8, 4) is 0 Å². The minimum absolute atomic E-state index is 0.0365. The highest BCUT2D eigenvalue weighted by Gasteiger charge is 2.39. The Balaban J connectivity index is 1.77. The highest BCUT2D eigenvalue weighted by molar-refractivity contribution is 7.89. The second kappa shape index (κ2) is 8.39. The Bertz CT molecular complexity index is 940. The molecular formula is C21H30N4O4S. The third-order valence-corrected chi connectivity index (χ3v) is 7.59. The van der Waals surface area contributed by atoms with E-state index in [-0.39, 0.29) is 28.7 Å². The average Bonchev–Trinajstić information content (AvgIpc) is 2.65. The van der Waals surface area contributed by atoms with Crippen LogP contribution >= 0.6 is 0 Å². The molecule has 9 heteroatoms. The van der Waals surface area contributed by atoms with Crippen molar-refractivity contribution in [1.29, 1.82) is 0 Å². The van der Waals surface area contributed by atoms with E-state index in [1.54, 1.807) is 12.1 Å². The average molecular weight is 435 g/mol. The second-order valence-corrected chi connectivity index (χ2v) is 10.7. The Hall–Kier alpha value is -2.39. The lowest BCUT2D eigenvalue weighted by molar-refractivity contribution is -0.130. The van der Waals surface area contributed by atoms with Crippen molar-refractivity contribution in [2.45, 2.75) is 50.6 Å². The lowest BCUT2D eigenvalue weighted by Gasteiger charge is -2.43. The van der Waals surface area contributed by atoms with E-state index in [2.05, 4.69) is 29.4 Å². The highest BCUT2D eigenvalue weighted by Crippen LogP contribution is 2.29. The molecule has 2 atom stereocenters. The second-order valence-electron chi connectivity index (χ2n) is 8.83. The van der Waals surface area contributed by atoms with Gasteiger partial charge in [-0.1, -0.05) is 31.5 Å². The zero-order valence-corrected chi connectivity index (χ0v) is 18.7. The maximum absolute atomic E-state index is 13.1. The number of rotatable bonds is 5. The van der Waals surface area contributed by atoms with Crippen molar-refractivity contribution >= 4 is 21.8 Å². The minimum atomic E-state index is -3.97. The Morgan fingerprint density at radius 2 is 1.93 bits per heavy atom. The number of carbonyl (C=O) groups is 2. The van der Waals surface area contributed by atoms with Gasteiger partial charge in [0, 0.05) is 25.0 Å². The van der Waals surface area contributed by atoms with Gasteiger partial charge in [0.05, 0.1) is 11.3 Å². The first-order valence-electron chi connectivity index (χ1n) is 10.1. The number of hydrogen-bond donors (Lipinski definition) is 2. The predicted molar refractivity (Wildman–Crippen MR) is 114 cm³/mol. The van der Waals surface area contributed by atoms with Gasteiger partial charge >= 0.3 is 0 Å². The summed E-state index contributed by atoms with van der Waals surface area (Å²) in [6.07, 6.45) is 3.14. The van der Waals surface area contributed by atoms with Crippen molar-refractivity contribution in [2.24, 2.45) is 5.41 Å². The summed E-state index contributed by atoms with van der Waals surface area (Å²) in [4.78, 5) is 27.6. The standard InChI is InChI=1S/C21H30N4O4S/c1-15-5-7-16(8-6-15)30(28,29)25-12-10-22-20(27)17(25)13-19(26)23-18-9-11-24(4)14-21(18,2)3/h5-8,10,12,17-18H,9,11,13-14H2,1-4H3,(H,22,27)(H,23,26)/t17-,18?/m1/s1. The molecule has 1 fully saturated rings. The van der Waals surface area contributed by atoms with Crippen LogP contribution in [0.25, 0.3) is 0 Å². The number of nitrogens with one attached hydrogen (secondary N) is 2. The van der Waals surface area contributed by atoms with Crippen LogP contribution in [0, 0.1) is 12.3 Å². The minimum Gasteiger partial charge on any atom is -0.353 e. The van der Waals surface area contributed by atoms with Gasteiger partial charge in [0.1, 0.15) is 6.04 Å². The SMILES string of the molecule is Cc1ccc(S(=O)(=O)N2C=CNC(=O)[C@H]2CC(=O)NC2CCN(C)CC2(C)C)cc1. The molecular weight excluding hydrogens is 404 g/mol. The lowest BCUT2D eigenvalue weighted by atomic mass is 9.79. The van der Waals surface area contributed by atoms with E-state index in [1.807, 2.05) is 14.0 Å². The quantitative estimate of drug-likeness (QED) is 0.725. The van der Waals surface area contributed by atoms with Gasteiger partial charge in [-0.25, -0.2) is 8.42 Å². The summed E-state index contributed by atoms with van der Waals surface area (Å²) < 4.78 is 27.2. The number of sulfonamides is 1. The van der Waals surface area contributed by atoms with Crippen molar-refractivity contribution in [3.05, 3.63) is 42.2 Å². The largest absolute Gasteiger partial charge is 0.353 e. The first-order valence-corrected chi connectivity index (χ1v) is 11.5. The van der Waals surface area contributed by atoms with Crippen molar-refractivity contribution in [2.75, 3.05) is 20.1 Å². The van der Waals surface area contributed by atoms with Gasteiger partial charge in [0.15, 0.2) is 0 Å². The smallest absolute Gasteiger partial charge is 0.264 e. The molecule has 0 aliphatic carbocycles. The highest BCUT2D eigenvalue weighted by atomic mass is 32.2. The number of benzene rings is 1. The van der Waals surface area contributed by atoms with Gasteiger partial charge in [0.25, 0.3) is 10.0 Å². The molecule has 0 bridgehead atoms. The van der Waals surface area contributed by atoms with Crippen LogP contribution in [-0.4, -0.2) is 61.7 Å². The summed E-state index contributed by atoms with van der Waals surface area (Å²) >= 11 is 0. The predicted octanol–water partition coefficient (Wildman–Crippen LogP) is 1.19. The first kappa shape index (κ1) is 22.3. The Morgan fingerprint density at radius 3 is 2.57 bits per heavy atom. The van der Waals surface area contributed by atoms with Crippen LogP contribution in [0.4, 0.5) is 0 Å². The molecule has 0 radical (unpaired) electrons. The molecule has 0 aromatic heterocycles. The topological polar surface area (TPSA) is 98.8 Å². The van der Waals surface area contributed by atoms with E-state index in [1.165, 1.54) is 24.5 Å². The Labute approximate surface area is 178 Å². The zero-order chi connectivity index (χ0) is 22.1. The molecule has 2 aliphatic rings. The van der Waals surface area contributed by atoms with Crippen molar-refractivity contribution in [1.82, 2.24) is 19.8 Å². The van der Waals surface area contributed by atoms with Gasteiger partial charge in [-0.15, -0.1) is 0 Å². The van der Waals surface area contributed by atoms with E-state index in [0.717, 1.165) is 29.4 Å². The Kier molecular flexibility index (Phi) is 6.24. The zero-order valence-electron chi connectivity index (χ0n) is 17.9. The van der Waals surface area contributed by atoms with Crippen molar-refractivity contribution in [3.63, 3.8) is 0 Å². The molecule has 2 N–H and O–H groups in total. The fraction of sp³-hybridized carbons (Fsp3) is 0.524. The van der Waals surface area contributed by atoms with Gasteiger partial charge < -0.3 is 15.5 Å². The fourth-order valence-corrected chi connectivity index (χ4v) is 5.54. The molecule has 2 amide bonds. The summed E-state index contributed by atoms with van der Waals surface area (Å²) in [5.74, 6) is -0.858. The number of carbonyl (C=O) groups excluding carboxylic acids is 2. The molecule has 164 valence electrons. The van der Waals surface area contributed by atoms with E-state index in [4.69, 9.17) is 0 Å². The van der Waals surface area contributed by atoms with Gasteiger partial charge in [-0.2, -0.15) is 0 Å². The maximum Gasteiger partial charge on any atom is 0.264 e. The summed E-state index contributed by atoms with van der Waals surface area (Å²) in [6, 6.07) is 5.22. The van der Waals surface area contributed by atoms with Crippen LogP contribution in [0.5, 0.6) is 0 Å². The first-order chi connectivity index (χ1) is 14.0. The number of piperidine rings is 1. The van der Waals surface area contributed by atoms with E-state index < -0.39 is 22.0 Å². The third-order valence-electron chi connectivity index (χ3n) is 5.79. The summed E-state index contributed by atoms with van der Waals surface area (Å²) in [5, 5.41) is 5.54. The molecule has 1 aromatic carbocycles. The molecule has 1 unspecified atom stereocenters. The van der Waals surface area contributed by atoms with Crippen LogP contribution in [0.15, 0.2) is 41.6 Å². The molecule has 30 heavy (non-hydrogen) atoms. The summed E-state index contributed by atoms with van der Waals surface area (Å²) in [7, 11) is -1.92. The molecule has 0 spiro atoms. The molecule has 8 nitrogen and oxygen atoms in total. The summed E-state index contributed by atoms with van der Waals surface area (Å²) in [5.41, 5.74) is 0.808. The molecule has 3 rings (SSSR count). The molecule has 2 aliphatic heterocycles. The van der Waals surface area contributed by atoms with E-state index in [0.29, 0.717) is 0 Å². The van der Waals surface area contributed by atoms with Crippen LogP contribution in [-0.2, 0) is 19.6 Å². The van der Waals surface area contributed by atoms with Gasteiger partial charge in [0.2, 0.25) is 11.8 Å². The Morgan fingerprint density at radius 1 is 1.27 bits per heavy atom. The van der Waals surface area contributed by atoms with Gasteiger partial charge in [-0.05, 0) is 44.5 Å². The fourth-order valence-electron chi connectivity index (χ4n) is 4.09. The number of amides is 2. The normalized spacial score (nSPS) is 24.4. The van der Waals surface area contributed by atoms with Crippen LogP contribution in [0.3, 0.4) is 0 Å². The molecule has 1 saturated heterocycles. The van der Waals surface area contributed by atoms with E-state index in [9.17, 15) is 18.0 Å². The third kappa shape index (κ3) is 4.67. The lowest BCUT2D eigenvalue weighted by Crippen LogP contribution is -2.56. The number of nitrogens with zero attached hydrogens (tertiary/aromatic N) is 2. The summed E-state index contributed by atoms with van der Waals surface area (Å²) in [6.45, 7) is 7.77. The number of hydrogen-bond acceptors (Lipinski definition) is 5. The van der Waals surface area contributed by atoms with E-state index >= 15 is 0 Å². The number of aryl methyl sites for hydroxylation is 1. The van der Waals surface area contributed by atoms with Gasteiger partial charge in [-0.3, -0.25) is 13.9 Å². The van der Waals surface area contributed by atoms with Crippen molar-refractivity contribution < 1.29 is 18.0 Å². The van der Waals surface area contributed by atoms with Crippen LogP contribution in [0.1, 0.15) is 32.3 Å². The monoisotopic (exact) mass is 434 g/mol. The molecule has 1 aromatic rings. The molecule has 2 heterocycles.